The zero-order valence-corrected chi connectivity index (χ0v) is 17.9. The molecule has 3 aromatic carbocycles. The van der Waals surface area contributed by atoms with E-state index < -0.39 is 0 Å². The van der Waals surface area contributed by atoms with Crippen molar-refractivity contribution in [2.45, 2.75) is 51.2 Å². The van der Waals surface area contributed by atoms with Crippen LogP contribution in [0.1, 0.15) is 23.6 Å². The van der Waals surface area contributed by atoms with Crippen LogP contribution in [0.3, 0.4) is 0 Å². The summed E-state index contributed by atoms with van der Waals surface area (Å²) in [6.07, 6.45) is -0.609. The van der Waals surface area contributed by atoms with Gasteiger partial charge in [-0.2, -0.15) is 0 Å². The van der Waals surface area contributed by atoms with Gasteiger partial charge in [0.05, 0.1) is 32.5 Å². The van der Waals surface area contributed by atoms with Crippen molar-refractivity contribution in [1.29, 1.82) is 0 Å². The second-order valence-electron chi connectivity index (χ2n) is 7.90. The maximum absolute atomic E-state index is 6.35. The first-order chi connectivity index (χ1) is 15.3. The molecule has 31 heavy (non-hydrogen) atoms. The number of hydrogen-bond donors (Lipinski definition) is 0. The molecule has 4 heteroatoms. The molecule has 1 aliphatic rings. The minimum absolute atomic E-state index is 0.0742. The van der Waals surface area contributed by atoms with Gasteiger partial charge in [0.15, 0.2) is 0 Å². The first-order valence-electron chi connectivity index (χ1n) is 10.9. The molecule has 162 valence electrons. The van der Waals surface area contributed by atoms with Crippen molar-refractivity contribution >= 4 is 0 Å². The van der Waals surface area contributed by atoms with E-state index in [1.54, 1.807) is 0 Å². The fourth-order valence-electron chi connectivity index (χ4n) is 3.88. The van der Waals surface area contributed by atoms with Crippen LogP contribution in [0.5, 0.6) is 0 Å². The largest absolute Gasteiger partial charge is 0.374 e. The van der Waals surface area contributed by atoms with Crippen LogP contribution in [0.2, 0.25) is 0 Å². The summed E-state index contributed by atoms with van der Waals surface area (Å²) >= 11 is 0. The summed E-state index contributed by atoms with van der Waals surface area (Å²) in [7, 11) is 0. The summed E-state index contributed by atoms with van der Waals surface area (Å²) in [5.41, 5.74) is 3.42. The fraction of sp³-hybridized carbons (Fsp3) is 0.333. The van der Waals surface area contributed by atoms with Gasteiger partial charge < -0.3 is 18.9 Å². The van der Waals surface area contributed by atoms with E-state index in [9.17, 15) is 0 Å². The fourth-order valence-corrected chi connectivity index (χ4v) is 3.88. The minimum Gasteiger partial charge on any atom is -0.374 e. The molecule has 0 saturated carbocycles. The predicted octanol–water partition coefficient (Wildman–Crippen LogP) is 5.16. The maximum atomic E-state index is 6.35. The highest BCUT2D eigenvalue weighted by atomic mass is 16.6. The van der Waals surface area contributed by atoms with E-state index in [1.165, 1.54) is 0 Å². The van der Waals surface area contributed by atoms with Crippen molar-refractivity contribution < 1.29 is 18.9 Å². The standard InChI is InChI=1S/C27H30O4/c1-21-26(29-18-23-13-7-3-8-14-23)27(30-19-24-15-9-4-10-16-24)25(31-21)20-28-17-22-11-5-2-6-12-22/h2-16,21,25-27H,17-20H2,1H3/t21-,25-,26-,27-/m1/s1. The molecule has 1 heterocycles. The van der Waals surface area contributed by atoms with Gasteiger partial charge >= 0.3 is 0 Å². The van der Waals surface area contributed by atoms with Gasteiger partial charge in [-0.3, -0.25) is 0 Å². The summed E-state index contributed by atoms with van der Waals surface area (Å²) in [6, 6.07) is 30.6. The highest BCUT2D eigenvalue weighted by Gasteiger charge is 2.44. The van der Waals surface area contributed by atoms with Gasteiger partial charge in [-0.25, -0.2) is 0 Å². The molecule has 0 bridgehead atoms. The summed E-state index contributed by atoms with van der Waals surface area (Å²) in [5, 5.41) is 0. The molecule has 0 aromatic heterocycles. The molecule has 0 amide bonds. The number of ether oxygens (including phenoxy) is 4. The third-order valence-electron chi connectivity index (χ3n) is 5.51. The molecule has 0 radical (unpaired) electrons. The van der Waals surface area contributed by atoms with Crippen molar-refractivity contribution in [3.8, 4) is 0 Å². The van der Waals surface area contributed by atoms with Gasteiger partial charge in [0.1, 0.15) is 18.3 Å². The lowest BCUT2D eigenvalue weighted by atomic mass is 10.1. The van der Waals surface area contributed by atoms with Crippen LogP contribution in [0.4, 0.5) is 0 Å². The average molecular weight is 419 g/mol. The van der Waals surface area contributed by atoms with Crippen LogP contribution in [0, 0.1) is 0 Å². The third kappa shape index (κ3) is 6.25. The van der Waals surface area contributed by atoms with Crippen molar-refractivity contribution in [2.75, 3.05) is 6.61 Å². The highest BCUT2D eigenvalue weighted by Crippen LogP contribution is 2.29. The van der Waals surface area contributed by atoms with E-state index in [0.29, 0.717) is 26.4 Å². The smallest absolute Gasteiger partial charge is 0.115 e. The van der Waals surface area contributed by atoms with Crippen LogP contribution in [0.15, 0.2) is 91.0 Å². The predicted molar refractivity (Wildman–Crippen MR) is 120 cm³/mol. The second kappa shape index (κ2) is 11.2. The van der Waals surface area contributed by atoms with Gasteiger partial charge in [0, 0.05) is 0 Å². The number of hydrogen-bond acceptors (Lipinski definition) is 4. The molecule has 1 saturated heterocycles. The molecule has 0 spiro atoms. The zero-order chi connectivity index (χ0) is 21.3. The van der Waals surface area contributed by atoms with Crippen molar-refractivity contribution in [2.24, 2.45) is 0 Å². The van der Waals surface area contributed by atoms with E-state index in [2.05, 4.69) is 36.4 Å². The molecule has 4 atom stereocenters. The first-order valence-corrected chi connectivity index (χ1v) is 10.9. The first kappa shape index (κ1) is 21.7. The Morgan fingerprint density at radius 3 is 1.58 bits per heavy atom. The van der Waals surface area contributed by atoms with Gasteiger partial charge in [-0.1, -0.05) is 91.0 Å². The molecule has 1 aliphatic heterocycles. The van der Waals surface area contributed by atoms with Crippen molar-refractivity contribution in [1.82, 2.24) is 0 Å². The van der Waals surface area contributed by atoms with Crippen LogP contribution >= 0.6 is 0 Å². The molecule has 3 aromatic rings. The van der Waals surface area contributed by atoms with Crippen LogP contribution in [-0.4, -0.2) is 31.0 Å². The van der Waals surface area contributed by atoms with Gasteiger partial charge in [0.2, 0.25) is 0 Å². The molecular weight excluding hydrogens is 388 g/mol. The molecule has 0 N–H and O–H groups in total. The SMILES string of the molecule is C[C@H]1O[C@H](COCc2ccccc2)[C@@H](OCc2ccccc2)[C@@H]1OCc1ccccc1. The van der Waals surface area contributed by atoms with Gasteiger partial charge in [0.25, 0.3) is 0 Å². The maximum Gasteiger partial charge on any atom is 0.115 e. The van der Waals surface area contributed by atoms with E-state index in [1.807, 2.05) is 61.5 Å². The molecule has 4 nitrogen and oxygen atoms in total. The average Bonchev–Trinajstić information content (AvgIpc) is 3.12. The van der Waals surface area contributed by atoms with Gasteiger partial charge in [-0.15, -0.1) is 0 Å². The quantitative estimate of drug-likeness (QED) is 0.456. The zero-order valence-electron chi connectivity index (χ0n) is 17.9. The molecule has 1 fully saturated rings. The highest BCUT2D eigenvalue weighted by molar-refractivity contribution is 5.15. The lowest BCUT2D eigenvalue weighted by Gasteiger charge is -2.24. The van der Waals surface area contributed by atoms with Crippen LogP contribution in [0.25, 0.3) is 0 Å². The van der Waals surface area contributed by atoms with E-state index in [-0.39, 0.29) is 24.4 Å². The Kier molecular flexibility index (Phi) is 7.86. The Morgan fingerprint density at radius 1 is 0.613 bits per heavy atom. The molecule has 0 unspecified atom stereocenters. The Hall–Kier alpha value is -2.50. The summed E-state index contributed by atoms with van der Waals surface area (Å²) in [4.78, 5) is 0. The van der Waals surface area contributed by atoms with Crippen molar-refractivity contribution in [3.05, 3.63) is 108 Å². The van der Waals surface area contributed by atoms with Crippen LogP contribution < -0.4 is 0 Å². The molecule has 4 rings (SSSR count). The Labute approximate surface area is 184 Å². The minimum atomic E-state index is -0.199. The molecular formula is C27H30O4. The third-order valence-corrected chi connectivity index (χ3v) is 5.51. The monoisotopic (exact) mass is 418 g/mol. The summed E-state index contributed by atoms with van der Waals surface area (Å²) in [6.45, 7) is 4.11. The Bertz CT molecular complexity index is 885. The lowest BCUT2D eigenvalue weighted by Crippen LogP contribution is -2.38. The summed E-state index contributed by atoms with van der Waals surface area (Å²) in [5.74, 6) is 0. The van der Waals surface area contributed by atoms with Crippen molar-refractivity contribution in [3.63, 3.8) is 0 Å². The Morgan fingerprint density at radius 2 is 1.06 bits per heavy atom. The number of benzene rings is 3. The normalized spacial score (nSPS) is 23.1. The summed E-state index contributed by atoms with van der Waals surface area (Å²) < 4.78 is 24.8. The lowest BCUT2D eigenvalue weighted by molar-refractivity contribution is -0.0897. The van der Waals surface area contributed by atoms with E-state index in [4.69, 9.17) is 18.9 Å². The topological polar surface area (TPSA) is 36.9 Å². The van der Waals surface area contributed by atoms with Crippen LogP contribution in [-0.2, 0) is 38.8 Å². The van der Waals surface area contributed by atoms with E-state index in [0.717, 1.165) is 16.7 Å². The van der Waals surface area contributed by atoms with E-state index >= 15 is 0 Å². The number of rotatable bonds is 10. The molecule has 0 aliphatic carbocycles. The van der Waals surface area contributed by atoms with Gasteiger partial charge in [-0.05, 0) is 23.6 Å². The second-order valence-corrected chi connectivity index (χ2v) is 7.90. The Balaban J connectivity index is 1.39.